The highest BCUT2D eigenvalue weighted by Gasteiger charge is 2.28. The Morgan fingerprint density at radius 2 is 2.10 bits per heavy atom. The van der Waals surface area contributed by atoms with E-state index in [0.717, 1.165) is 5.56 Å². The van der Waals surface area contributed by atoms with Crippen LogP contribution in [-0.2, 0) is 17.6 Å². The molecule has 8 heteroatoms. The number of hydrogen-bond donors (Lipinski definition) is 0. The smallest absolute Gasteiger partial charge is 0.271 e. The molecule has 3 aromatic rings. The maximum atomic E-state index is 12.9. The van der Waals surface area contributed by atoms with Gasteiger partial charge in [-0.1, -0.05) is 18.2 Å². The fraction of sp³-hybridized carbons (Fsp3) is 0.238. The first-order chi connectivity index (χ1) is 14.0. The van der Waals surface area contributed by atoms with Crippen LogP contribution in [0, 0.1) is 17.0 Å². The summed E-state index contributed by atoms with van der Waals surface area (Å²) < 4.78 is 11.1. The van der Waals surface area contributed by atoms with Crippen LogP contribution in [0.3, 0.4) is 0 Å². The zero-order valence-electron chi connectivity index (χ0n) is 16.0. The minimum absolute atomic E-state index is 0.0282. The van der Waals surface area contributed by atoms with Crippen molar-refractivity contribution in [1.82, 2.24) is 4.98 Å². The average molecular weight is 393 g/mol. The van der Waals surface area contributed by atoms with Crippen molar-refractivity contribution in [3.63, 3.8) is 0 Å². The standard InChI is InChI=1S/C21H19N3O5/c1-13-17(22-21(29-13)16-5-3-4-6-19(16)28-2)12-20(25)23-10-9-14-7-8-15(24(26)27)11-18(14)23/h3-8,11H,9-10,12H2,1-2H3. The highest BCUT2D eigenvalue weighted by atomic mass is 16.6. The second-order valence-electron chi connectivity index (χ2n) is 6.76. The lowest BCUT2D eigenvalue weighted by atomic mass is 10.1. The second-order valence-corrected chi connectivity index (χ2v) is 6.76. The van der Waals surface area contributed by atoms with Crippen LogP contribution in [0.1, 0.15) is 17.0 Å². The van der Waals surface area contributed by atoms with Gasteiger partial charge in [-0.15, -0.1) is 0 Å². The highest BCUT2D eigenvalue weighted by molar-refractivity contribution is 5.97. The summed E-state index contributed by atoms with van der Waals surface area (Å²) in [5.74, 6) is 1.40. The number of carbonyl (C=O) groups excluding carboxylic acids is 1. The number of fused-ring (bicyclic) bond motifs is 1. The fourth-order valence-electron chi connectivity index (χ4n) is 3.51. The molecule has 1 aliphatic rings. The first kappa shape index (κ1) is 18.7. The number of nitrogens with zero attached hydrogens (tertiary/aromatic N) is 3. The van der Waals surface area contributed by atoms with Crippen LogP contribution in [0.5, 0.6) is 5.75 Å². The van der Waals surface area contributed by atoms with Gasteiger partial charge in [-0.25, -0.2) is 4.98 Å². The Bertz CT molecular complexity index is 1110. The molecular formula is C21H19N3O5. The number of aromatic nitrogens is 1. The zero-order valence-corrected chi connectivity index (χ0v) is 16.0. The van der Waals surface area contributed by atoms with Crippen molar-refractivity contribution < 1.29 is 18.9 Å². The van der Waals surface area contributed by atoms with Crippen LogP contribution in [0.25, 0.3) is 11.5 Å². The summed E-state index contributed by atoms with van der Waals surface area (Å²) in [6, 6.07) is 12.0. The number of nitro groups is 1. The van der Waals surface area contributed by atoms with E-state index in [9.17, 15) is 14.9 Å². The lowest BCUT2D eigenvalue weighted by molar-refractivity contribution is -0.384. The van der Waals surface area contributed by atoms with E-state index in [-0.39, 0.29) is 18.0 Å². The molecule has 0 aliphatic carbocycles. The van der Waals surface area contributed by atoms with E-state index in [1.54, 1.807) is 25.0 Å². The summed E-state index contributed by atoms with van der Waals surface area (Å²) in [7, 11) is 1.57. The lowest BCUT2D eigenvalue weighted by Gasteiger charge is -2.16. The molecule has 0 radical (unpaired) electrons. The van der Waals surface area contributed by atoms with E-state index in [4.69, 9.17) is 9.15 Å². The molecule has 29 heavy (non-hydrogen) atoms. The summed E-state index contributed by atoms with van der Waals surface area (Å²) >= 11 is 0. The van der Waals surface area contributed by atoms with E-state index in [1.807, 2.05) is 24.3 Å². The van der Waals surface area contributed by atoms with E-state index in [0.29, 0.717) is 47.3 Å². The Balaban J connectivity index is 1.59. The molecule has 0 fully saturated rings. The summed E-state index contributed by atoms with van der Waals surface area (Å²) in [4.78, 5) is 29.6. The molecular weight excluding hydrogens is 374 g/mol. The lowest BCUT2D eigenvalue weighted by Crippen LogP contribution is -2.30. The third-order valence-corrected chi connectivity index (χ3v) is 5.03. The van der Waals surface area contributed by atoms with E-state index in [2.05, 4.69) is 4.98 Å². The number of nitro benzene ring substituents is 1. The number of ether oxygens (including phenoxy) is 1. The highest BCUT2D eigenvalue weighted by Crippen LogP contribution is 2.33. The molecule has 2 heterocycles. The number of benzene rings is 2. The van der Waals surface area contributed by atoms with Gasteiger partial charge < -0.3 is 14.1 Å². The third kappa shape index (κ3) is 3.44. The number of para-hydroxylation sites is 1. The van der Waals surface area contributed by atoms with Crippen LogP contribution < -0.4 is 9.64 Å². The molecule has 1 amide bonds. The van der Waals surface area contributed by atoms with Gasteiger partial charge >= 0.3 is 0 Å². The number of rotatable bonds is 5. The Morgan fingerprint density at radius 1 is 1.31 bits per heavy atom. The summed E-state index contributed by atoms with van der Waals surface area (Å²) in [6.07, 6.45) is 0.718. The topological polar surface area (TPSA) is 98.7 Å². The SMILES string of the molecule is COc1ccccc1-c1nc(CC(=O)N2CCc3ccc([N+](=O)[O-])cc32)c(C)o1. The van der Waals surface area contributed by atoms with Crippen molar-refractivity contribution in [1.29, 1.82) is 0 Å². The van der Waals surface area contributed by atoms with Crippen molar-refractivity contribution in [3.8, 4) is 17.2 Å². The van der Waals surface area contributed by atoms with Gasteiger partial charge in [0.05, 0.1) is 35.4 Å². The Kier molecular flexibility index (Phi) is 4.75. The molecule has 2 aromatic carbocycles. The number of non-ortho nitro benzene ring substituents is 1. The number of methoxy groups -OCH3 is 1. The van der Waals surface area contributed by atoms with Gasteiger partial charge in [-0.2, -0.15) is 0 Å². The Labute approximate surface area is 166 Å². The third-order valence-electron chi connectivity index (χ3n) is 5.03. The molecule has 0 atom stereocenters. The van der Waals surface area contributed by atoms with Crippen molar-refractivity contribution in [2.75, 3.05) is 18.6 Å². The van der Waals surface area contributed by atoms with Gasteiger partial charge in [0.2, 0.25) is 11.8 Å². The van der Waals surface area contributed by atoms with Crippen LogP contribution in [-0.4, -0.2) is 29.5 Å². The van der Waals surface area contributed by atoms with Crippen LogP contribution in [0.2, 0.25) is 0 Å². The van der Waals surface area contributed by atoms with Gasteiger partial charge in [0.1, 0.15) is 11.5 Å². The van der Waals surface area contributed by atoms with Crippen LogP contribution >= 0.6 is 0 Å². The van der Waals surface area contributed by atoms with E-state index >= 15 is 0 Å². The van der Waals surface area contributed by atoms with Gasteiger partial charge in [0, 0.05) is 18.7 Å². The average Bonchev–Trinajstić information content (AvgIpc) is 3.31. The number of oxazole rings is 1. The fourth-order valence-corrected chi connectivity index (χ4v) is 3.51. The molecule has 0 bridgehead atoms. The first-order valence-electron chi connectivity index (χ1n) is 9.15. The van der Waals surface area contributed by atoms with Crippen molar-refractivity contribution in [3.05, 3.63) is 69.6 Å². The Hall–Kier alpha value is -3.68. The van der Waals surface area contributed by atoms with Gasteiger partial charge in [0.15, 0.2) is 0 Å². The minimum Gasteiger partial charge on any atom is -0.496 e. The number of amides is 1. The quantitative estimate of drug-likeness (QED) is 0.484. The number of aryl methyl sites for hydroxylation is 1. The van der Waals surface area contributed by atoms with E-state index in [1.165, 1.54) is 12.1 Å². The van der Waals surface area contributed by atoms with Crippen LogP contribution in [0.4, 0.5) is 11.4 Å². The van der Waals surface area contributed by atoms with Gasteiger partial charge in [0.25, 0.3) is 5.69 Å². The summed E-state index contributed by atoms with van der Waals surface area (Å²) in [5.41, 5.74) is 2.74. The molecule has 0 saturated heterocycles. The maximum absolute atomic E-state index is 12.9. The van der Waals surface area contributed by atoms with Crippen LogP contribution in [0.15, 0.2) is 46.9 Å². The molecule has 0 N–H and O–H groups in total. The number of anilines is 1. The van der Waals surface area contributed by atoms with E-state index < -0.39 is 4.92 Å². The molecule has 1 aromatic heterocycles. The molecule has 0 spiro atoms. The summed E-state index contributed by atoms with van der Waals surface area (Å²) in [6.45, 7) is 2.25. The van der Waals surface area contributed by atoms with Crippen molar-refractivity contribution in [2.24, 2.45) is 0 Å². The monoisotopic (exact) mass is 393 g/mol. The Morgan fingerprint density at radius 3 is 2.86 bits per heavy atom. The predicted molar refractivity (Wildman–Crippen MR) is 106 cm³/mol. The molecule has 8 nitrogen and oxygen atoms in total. The molecule has 0 unspecified atom stereocenters. The molecule has 1 aliphatic heterocycles. The number of hydrogen-bond acceptors (Lipinski definition) is 6. The maximum Gasteiger partial charge on any atom is 0.271 e. The van der Waals surface area contributed by atoms with Gasteiger partial charge in [-0.3, -0.25) is 14.9 Å². The van der Waals surface area contributed by atoms with Gasteiger partial charge in [-0.05, 0) is 31.0 Å². The number of carbonyl (C=O) groups is 1. The normalized spacial score (nSPS) is 12.7. The predicted octanol–water partition coefficient (Wildman–Crippen LogP) is 3.70. The minimum atomic E-state index is -0.456. The summed E-state index contributed by atoms with van der Waals surface area (Å²) in [5, 5.41) is 11.1. The molecule has 4 rings (SSSR count). The second kappa shape index (κ2) is 7.38. The van der Waals surface area contributed by atoms with Crippen molar-refractivity contribution >= 4 is 17.3 Å². The first-order valence-corrected chi connectivity index (χ1v) is 9.15. The molecule has 0 saturated carbocycles. The van der Waals surface area contributed by atoms with Crippen molar-refractivity contribution in [2.45, 2.75) is 19.8 Å². The zero-order chi connectivity index (χ0) is 20.5. The largest absolute Gasteiger partial charge is 0.496 e. The molecule has 148 valence electrons.